The van der Waals surface area contributed by atoms with Crippen LogP contribution in [0.1, 0.15) is 32.5 Å². The molecular weight excluding hydrogens is 332 g/mol. The Morgan fingerprint density at radius 1 is 1.21 bits per heavy atom. The fourth-order valence-electron chi connectivity index (χ4n) is 2.33. The number of hydrogen-bond donors (Lipinski definition) is 0. The second-order valence-corrected chi connectivity index (χ2v) is 6.62. The van der Waals surface area contributed by atoms with Gasteiger partial charge >= 0.3 is 5.69 Å². The monoisotopic (exact) mass is 351 g/mol. The Kier molecular flexibility index (Phi) is 5.43. The molecule has 2 rings (SSSR count). The molecule has 24 heavy (non-hydrogen) atoms. The lowest BCUT2D eigenvalue weighted by molar-refractivity contribution is -0.304. The number of aromatic nitrogens is 4. The molecule has 2 aromatic heterocycles. The van der Waals surface area contributed by atoms with Crippen LogP contribution in [0, 0.1) is 0 Å². The van der Waals surface area contributed by atoms with E-state index in [1.807, 2.05) is 6.92 Å². The predicted molar refractivity (Wildman–Crippen MR) is 89.0 cm³/mol. The van der Waals surface area contributed by atoms with Gasteiger partial charge in [-0.3, -0.25) is 13.9 Å². The van der Waals surface area contributed by atoms with E-state index in [1.165, 1.54) is 18.7 Å². The Bertz CT molecular complexity index is 903. The van der Waals surface area contributed by atoms with Crippen LogP contribution >= 0.6 is 11.8 Å². The number of carboxylic acid groups (broad SMARTS) is 1. The van der Waals surface area contributed by atoms with Gasteiger partial charge in [0.1, 0.15) is 16.2 Å². The molecule has 2 aromatic rings. The molecule has 0 aromatic carbocycles. The summed E-state index contributed by atoms with van der Waals surface area (Å²) >= 11 is 0.962. The van der Waals surface area contributed by atoms with E-state index in [9.17, 15) is 19.5 Å². The molecular formula is C15H19N4O4S-. The Balaban J connectivity index is 2.83. The van der Waals surface area contributed by atoms with Crippen LogP contribution in [0.15, 0.2) is 14.6 Å². The van der Waals surface area contributed by atoms with Crippen LogP contribution < -0.4 is 16.4 Å². The van der Waals surface area contributed by atoms with Crippen LogP contribution in [-0.2, 0) is 25.3 Å². The molecule has 9 heteroatoms. The van der Waals surface area contributed by atoms with Gasteiger partial charge in [0.2, 0.25) is 0 Å². The van der Waals surface area contributed by atoms with Crippen molar-refractivity contribution < 1.29 is 9.90 Å². The summed E-state index contributed by atoms with van der Waals surface area (Å²) in [4.78, 5) is 44.6. The number of aliphatic carboxylic acids is 1. The standard InChI is InChI=1S/C15H20N4O4S/c1-5-7-9-16-11-10(13(20)19(4)15(23)18(11)3)12(17-9)24-8(6-2)14(21)22/h8H,5-7H2,1-4H3,(H,21,22)/p-1/t8-/m0/s1. The minimum atomic E-state index is -1.21. The van der Waals surface area contributed by atoms with Crippen molar-refractivity contribution in [3.05, 3.63) is 26.7 Å². The van der Waals surface area contributed by atoms with E-state index in [0.717, 1.165) is 22.7 Å². The zero-order valence-corrected chi connectivity index (χ0v) is 14.8. The van der Waals surface area contributed by atoms with Crippen LogP contribution in [0.2, 0.25) is 0 Å². The van der Waals surface area contributed by atoms with E-state index in [1.54, 1.807) is 6.92 Å². The lowest BCUT2D eigenvalue weighted by Crippen LogP contribution is -2.38. The number of fused-ring (bicyclic) bond motifs is 1. The first-order valence-electron chi connectivity index (χ1n) is 7.65. The highest BCUT2D eigenvalue weighted by molar-refractivity contribution is 8.00. The lowest BCUT2D eigenvalue weighted by Gasteiger charge is -2.17. The maximum absolute atomic E-state index is 12.5. The summed E-state index contributed by atoms with van der Waals surface area (Å²) in [5, 5.41) is 10.8. The molecule has 0 N–H and O–H groups in total. The largest absolute Gasteiger partial charge is 0.549 e. The fourth-order valence-corrected chi connectivity index (χ4v) is 3.31. The van der Waals surface area contributed by atoms with Gasteiger partial charge in [-0.2, -0.15) is 0 Å². The number of carbonyl (C=O) groups excluding carboxylic acids is 1. The molecule has 8 nitrogen and oxygen atoms in total. The summed E-state index contributed by atoms with van der Waals surface area (Å²) in [6.45, 7) is 3.68. The maximum atomic E-state index is 12.5. The Morgan fingerprint density at radius 3 is 2.42 bits per heavy atom. The topological polar surface area (TPSA) is 110 Å². The average molecular weight is 351 g/mol. The number of thioether (sulfide) groups is 1. The third kappa shape index (κ3) is 3.21. The van der Waals surface area contributed by atoms with Crippen molar-refractivity contribution in [3.63, 3.8) is 0 Å². The number of aryl methyl sites for hydroxylation is 2. The van der Waals surface area contributed by atoms with Crippen LogP contribution in [0.3, 0.4) is 0 Å². The first kappa shape index (κ1) is 18.2. The van der Waals surface area contributed by atoms with Crippen molar-refractivity contribution in [1.82, 2.24) is 19.1 Å². The SMILES string of the molecule is CCCc1nc(S[C@@H](CC)C(=O)[O-])c2c(=O)n(C)c(=O)n(C)c2n1. The van der Waals surface area contributed by atoms with Gasteiger partial charge in [0.05, 0.1) is 11.2 Å². The fraction of sp³-hybridized carbons (Fsp3) is 0.533. The lowest BCUT2D eigenvalue weighted by atomic mass is 10.3. The molecule has 0 fully saturated rings. The molecule has 0 radical (unpaired) electrons. The number of carbonyl (C=O) groups is 1. The molecule has 0 saturated carbocycles. The number of hydrogen-bond acceptors (Lipinski definition) is 7. The summed E-state index contributed by atoms with van der Waals surface area (Å²) in [7, 11) is 2.89. The molecule has 0 aliphatic rings. The number of nitrogens with zero attached hydrogens (tertiary/aromatic N) is 4. The van der Waals surface area contributed by atoms with Gasteiger partial charge < -0.3 is 9.90 Å². The molecule has 0 saturated heterocycles. The van der Waals surface area contributed by atoms with Gasteiger partial charge in [-0.15, -0.1) is 0 Å². The van der Waals surface area contributed by atoms with Gasteiger partial charge in [0.25, 0.3) is 5.56 Å². The van der Waals surface area contributed by atoms with E-state index < -0.39 is 22.5 Å². The summed E-state index contributed by atoms with van der Waals surface area (Å²) in [6.07, 6.45) is 1.68. The third-order valence-corrected chi connectivity index (χ3v) is 5.00. The zero-order chi connectivity index (χ0) is 18.0. The van der Waals surface area contributed by atoms with E-state index in [-0.39, 0.29) is 16.1 Å². The van der Waals surface area contributed by atoms with Crippen LogP contribution in [-0.4, -0.2) is 30.3 Å². The van der Waals surface area contributed by atoms with Crippen molar-refractivity contribution in [3.8, 4) is 0 Å². The van der Waals surface area contributed by atoms with E-state index >= 15 is 0 Å². The van der Waals surface area contributed by atoms with Gasteiger partial charge in [-0.1, -0.05) is 25.6 Å². The second-order valence-electron chi connectivity index (χ2n) is 5.43. The first-order chi connectivity index (χ1) is 11.3. The normalized spacial score (nSPS) is 12.5. The Morgan fingerprint density at radius 2 is 1.88 bits per heavy atom. The predicted octanol–water partition coefficient (Wildman–Crippen LogP) is -0.400. The maximum Gasteiger partial charge on any atom is 0.332 e. The molecule has 0 aliphatic heterocycles. The molecule has 0 aliphatic carbocycles. The Labute approximate surface area is 142 Å². The Hall–Kier alpha value is -2.16. The number of carboxylic acids is 1. The summed E-state index contributed by atoms with van der Waals surface area (Å²) in [6, 6.07) is 0. The molecule has 0 amide bonds. The first-order valence-corrected chi connectivity index (χ1v) is 8.53. The number of rotatable bonds is 6. The van der Waals surface area contributed by atoms with Crippen molar-refractivity contribution in [2.24, 2.45) is 14.1 Å². The minimum absolute atomic E-state index is 0.157. The quantitative estimate of drug-likeness (QED) is 0.514. The van der Waals surface area contributed by atoms with E-state index in [0.29, 0.717) is 18.7 Å². The van der Waals surface area contributed by atoms with E-state index in [2.05, 4.69) is 9.97 Å². The van der Waals surface area contributed by atoms with Crippen LogP contribution in [0.5, 0.6) is 0 Å². The van der Waals surface area contributed by atoms with Gasteiger partial charge in [-0.25, -0.2) is 14.8 Å². The molecule has 1 atom stereocenters. The second kappa shape index (κ2) is 7.16. The molecule has 0 bridgehead atoms. The highest BCUT2D eigenvalue weighted by Crippen LogP contribution is 2.28. The summed E-state index contributed by atoms with van der Waals surface area (Å²) in [5.74, 6) is -0.739. The summed E-state index contributed by atoms with van der Waals surface area (Å²) < 4.78 is 2.25. The molecule has 2 heterocycles. The van der Waals surface area contributed by atoms with Crippen LogP contribution in [0.4, 0.5) is 0 Å². The molecule has 0 spiro atoms. The smallest absolute Gasteiger partial charge is 0.332 e. The highest BCUT2D eigenvalue weighted by atomic mass is 32.2. The minimum Gasteiger partial charge on any atom is -0.549 e. The average Bonchev–Trinajstić information content (AvgIpc) is 2.55. The van der Waals surface area contributed by atoms with Crippen molar-refractivity contribution in [2.45, 2.75) is 43.4 Å². The highest BCUT2D eigenvalue weighted by Gasteiger charge is 2.20. The van der Waals surface area contributed by atoms with Gasteiger partial charge in [0, 0.05) is 20.5 Å². The van der Waals surface area contributed by atoms with Crippen molar-refractivity contribution in [2.75, 3.05) is 0 Å². The summed E-state index contributed by atoms with van der Waals surface area (Å²) in [5.41, 5.74) is -0.805. The van der Waals surface area contributed by atoms with Gasteiger partial charge in [-0.05, 0) is 12.8 Å². The van der Waals surface area contributed by atoms with Crippen LogP contribution in [0.25, 0.3) is 11.0 Å². The van der Waals surface area contributed by atoms with Crippen molar-refractivity contribution >= 4 is 28.8 Å². The van der Waals surface area contributed by atoms with Crippen molar-refractivity contribution in [1.29, 1.82) is 0 Å². The third-order valence-electron chi connectivity index (χ3n) is 3.67. The van der Waals surface area contributed by atoms with E-state index in [4.69, 9.17) is 0 Å². The van der Waals surface area contributed by atoms with Gasteiger partial charge in [0.15, 0.2) is 5.65 Å². The molecule has 0 unspecified atom stereocenters. The zero-order valence-electron chi connectivity index (χ0n) is 14.0. The molecule has 130 valence electrons.